The average molecular weight is 343 g/mol. The lowest BCUT2D eigenvalue weighted by Gasteiger charge is -2.23. The normalized spacial score (nSPS) is 13.7. The molecule has 1 rings (SSSR count). The van der Waals surface area contributed by atoms with Gasteiger partial charge >= 0.3 is 13.6 Å². The summed E-state index contributed by atoms with van der Waals surface area (Å²) in [6, 6.07) is 6.44. The van der Waals surface area contributed by atoms with Gasteiger partial charge in [-0.2, -0.15) is 0 Å². The number of hydrogen-bond acceptors (Lipinski definition) is 6. The van der Waals surface area contributed by atoms with Crippen LogP contribution in [0.3, 0.4) is 0 Å². The van der Waals surface area contributed by atoms with Gasteiger partial charge in [0.15, 0.2) is 0 Å². The highest BCUT2D eigenvalue weighted by Gasteiger charge is 2.34. The maximum Gasteiger partial charge on any atom is 0.351 e. The molecular formula is C16H26NO5P. The molecule has 23 heavy (non-hydrogen) atoms. The number of ether oxygens (including phenoxy) is 1. The average Bonchev–Trinajstić information content (AvgIpc) is 2.45. The van der Waals surface area contributed by atoms with Crippen molar-refractivity contribution in [1.82, 2.24) is 0 Å². The van der Waals surface area contributed by atoms with E-state index >= 15 is 0 Å². The van der Waals surface area contributed by atoms with Crippen LogP contribution < -0.4 is 5.73 Å². The van der Waals surface area contributed by atoms with E-state index in [2.05, 4.69) is 0 Å². The Morgan fingerprint density at radius 1 is 1.13 bits per heavy atom. The molecule has 0 aliphatic heterocycles. The van der Waals surface area contributed by atoms with Gasteiger partial charge in [0, 0.05) is 0 Å². The zero-order valence-electron chi connectivity index (χ0n) is 14.4. The van der Waals surface area contributed by atoms with Gasteiger partial charge in [-0.25, -0.2) is 4.79 Å². The first-order valence-electron chi connectivity index (χ1n) is 7.60. The zero-order chi connectivity index (χ0) is 17.7. The molecule has 0 aliphatic carbocycles. The van der Waals surface area contributed by atoms with Crippen LogP contribution in [0.15, 0.2) is 24.3 Å². The van der Waals surface area contributed by atoms with Crippen molar-refractivity contribution < 1.29 is 23.1 Å². The van der Waals surface area contributed by atoms with Crippen LogP contribution in [0.5, 0.6) is 0 Å². The molecule has 0 bridgehead atoms. The highest BCUT2D eigenvalue weighted by atomic mass is 31.2. The Kier molecular flexibility index (Phi) is 6.96. The first-order valence-corrected chi connectivity index (χ1v) is 9.22. The van der Waals surface area contributed by atoms with E-state index in [-0.39, 0.29) is 13.2 Å². The summed E-state index contributed by atoms with van der Waals surface area (Å²) in [6.07, 6.45) is 0. The monoisotopic (exact) mass is 343 g/mol. The molecule has 0 heterocycles. The molecular weight excluding hydrogens is 317 g/mol. The zero-order valence-corrected chi connectivity index (χ0v) is 15.3. The Morgan fingerprint density at radius 3 is 2.00 bits per heavy atom. The molecule has 6 nitrogen and oxygen atoms in total. The van der Waals surface area contributed by atoms with Crippen LogP contribution in [0.4, 0.5) is 0 Å². The summed E-state index contributed by atoms with van der Waals surface area (Å²) in [5.41, 5.74) is 6.45. The Labute approximate surface area is 137 Å². The molecule has 0 aromatic heterocycles. The number of nitrogens with two attached hydrogens (primary N) is 1. The van der Waals surface area contributed by atoms with Crippen molar-refractivity contribution in [3.05, 3.63) is 35.4 Å². The van der Waals surface area contributed by atoms with E-state index in [1.165, 1.54) is 0 Å². The Hall–Kier alpha value is -1.20. The van der Waals surface area contributed by atoms with Gasteiger partial charge in [0.1, 0.15) is 11.4 Å². The van der Waals surface area contributed by atoms with E-state index in [4.69, 9.17) is 19.5 Å². The summed E-state index contributed by atoms with van der Waals surface area (Å²) in [6.45, 7) is 9.33. The summed E-state index contributed by atoms with van der Waals surface area (Å²) in [4.78, 5) is 12.0. The molecule has 2 N–H and O–H groups in total. The molecule has 0 spiro atoms. The fourth-order valence-corrected chi connectivity index (χ4v) is 3.55. The largest absolute Gasteiger partial charge is 0.456 e. The maximum absolute atomic E-state index is 12.7. The van der Waals surface area contributed by atoms with Gasteiger partial charge in [0.25, 0.3) is 0 Å². The third kappa shape index (κ3) is 5.74. The fraction of sp³-hybridized carbons (Fsp3) is 0.562. The van der Waals surface area contributed by atoms with Gasteiger partial charge in [-0.05, 0) is 52.3 Å². The SMILES string of the molecule is CCOP(=O)(OCC)C(N)c1ccc(C(=O)OC(C)(C)C)cc1. The van der Waals surface area contributed by atoms with Crippen molar-refractivity contribution >= 4 is 13.6 Å². The van der Waals surface area contributed by atoms with E-state index in [1.807, 2.05) is 0 Å². The van der Waals surface area contributed by atoms with Crippen molar-refractivity contribution in [2.75, 3.05) is 13.2 Å². The number of rotatable bonds is 7. The molecule has 0 radical (unpaired) electrons. The van der Waals surface area contributed by atoms with Crippen LogP contribution in [0.1, 0.15) is 56.3 Å². The standard InChI is InChI=1S/C16H26NO5P/c1-6-20-23(19,21-7-2)14(17)12-8-10-13(11-9-12)15(18)22-16(3,4)5/h8-11,14H,6-7,17H2,1-5H3. The van der Waals surface area contributed by atoms with E-state index in [9.17, 15) is 9.36 Å². The van der Waals surface area contributed by atoms with E-state index in [0.29, 0.717) is 11.1 Å². The predicted octanol–water partition coefficient (Wildman–Crippen LogP) is 3.87. The van der Waals surface area contributed by atoms with Crippen molar-refractivity contribution in [1.29, 1.82) is 0 Å². The highest BCUT2D eigenvalue weighted by molar-refractivity contribution is 7.54. The minimum absolute atomic E-state index is 0.237. The third-order valence-corrected chi connectivity index (χ3v) is 5.06. The number of carbonyl (C=O) groups excluding carboxylic acids is 1. The molecule has 1 aromatic rings. The van der Waals surface area contributed by atoms with Gasteiger partial charge in [0.05, 0.1) is 18.8 Å². The van der Waals surface area contributed by atoms with Crippen LogP contribution in [0.25, 0.3) is 0 Å². The summed E-state index contributed by atoms with van der Waals surface area (Å²) in [7, 11) is -3.44. The molecule has 0 amide bonds. The highest BCUT2D eigenvalue weighted by Crippen LogP contribution is 2.58. The fourth-order valence-electron chi connectivity index (χ4n) is 1.89. The van der Waals surface area contributed by atoms with Crippen molar-refractivity contribution in [2.24, 2.45) is 5.73 Å². The van der Waals surface area contributed by atoms with Crippen molar-refractivity contribution in [3.8, 4) is 0 Å². The molecule has 0 saturated carbocycles. The van der Waals surface area contributed by atoms with Crippen LogP contribution in [0.2, 0.25) is 0 Å². The van der Waals surface area contributed by atoms with Gasteiger partial charge in [-0.3, -0.25) is 4.57 Å². The quantitative estimate of drug-likeness (QED) is 0.597. The summed E-state index contributed by atoms with van der Waals surface area (Å²) in [5.74, 6) is -1.33. The molecule has 7 heteroatoms. The topological polar surface area (TPSA) is 87.9 Å². The number of benzene rings is 1. The second kappa shape index (κ2) is 8.06. The van der Waals surface area contributed by atoms with Gasteiger partial charge in [-0.1, -0.05) is 12.1 Å². The van der Waals surface area contributed by atoms with Crippen molar-refractivity contribution in [2.45, 2.75) is 46.0 Å². The Morgan fingerprint density at radius 2 is 1.61 bits per heavy atom. The molecule has 0 fully saturated rings. The number of hydrogen-bond donors (Lipinski definition) is 1. The van der Waals surface area contributed by atoms with Crippen LogP contribution in [0, 0.1) is 0 Å². The summed E-state index contributed by atoms with van der Waals surface area (Å²) < 4.78 is 28.4. The lowest BCUT2D eigenvalue weighted by atomic mass is 10.1. The lowest BCUT2D eigenvalue weighted by Crippen LogP contribution is -2.24. The Bertz CT molecular complexity index is 555. The minimum atomic E-state index is -3.44. The molecule has 1 aromatic carbocycles. The van der Waals surface area contributed by atoms with E-state index in [1.54, 1.807) is 58.9 Å². The predicted molar refractivity (Wildman–Crippen MR) is 89.4 cm³/mol. The van der Waals surface area contributed by atoms with E-state index < -0.39 is 24.9 Å². The molecule has 0 aliphatic rings. The van der Waals surface area contributed by atoms with Crippen LogP contribution >= 0.6 is 7.60 Å². The maximum atomic E-state index is 12.7. The molecule has 0 saturated heterocycles. The second-order valence-electron chi connectivity index (χ2n) is 5.94. The van der Waals surface area contributed by atoms with Crippen molar-refractivity contribution in [3.63, 3.8) is 0 Å². The first-order chi connectivity index (χ1) is 10.6. The first kappa shape index (κ1) is 19.8. The molecule has 1 unspecified atom stereocenters. The van der Waals surface area contributed by atoms with Crippen LogP contribution in [-0.2, 0) is 18.3 Å². The smallest absolute Gasteiger partial charge is 0.351 e. The number of carbonyl (C=O) groups is 1. The second-order valence-corrected chi connectivity index (χ2v) is 8.10. The summed E-state index contributed by atoms with van der Waals surface area (Å²) >= 11 is 0. The van der Waals surface area contributed by atoms with Crippen LogP contribution in [-0.4, -0.2) is 24.8 Å². The molecule has 130 valence electrons. The number of esters is 1. The minimum Gasteiger partial charge on any atom is -0.456 e. The molecule has 1 atom stereocenters. The van der Waals surface area contributed by atoms with Gasteiger partial charge in [0.2, 0.25) is 0 Å². The van der Waals surface area contributed by atoms with E-state index in [0.717, 1.165) is 0 Å². The Balaban J connectivity index is 2.94. The van der Waals surface area contributed by atoms with Gasteiger partial charge < -0.3 is 19.5 Å². The van der Waals surface area contributed by atoms with Gasteiger partial charge in [-0.15, -0.1) is 0 Å². The third-order valence-electron chi connectivity index (χ3n) is 2.85. The summed E-state index contributed by atoms with van der Waals surface area (Å²) in [5, 5.41) is 0. The lowest BCUT2D eigenvalue weighted by molar-refractivity contribution is 0.00695.